The van der Waals surface area contributed by atoms with Crippen molar-refractivity contribution in [1.29, 1.82) is 0 Å². The molecule has 0 fully saturated rings. The van der Waals surface area contributed by atoms with Gasteiger partial charge in [-0.2, -0.15) is 0 Å². The second-order valence-corrected chi connectivity index (χ2v) is 3.39. The summed E-state index contributed by atoms with van der Waals surface area (Å²) in [5.41, 5.74) is -1.54. The molecule has 10 heteroatoms. The Morgan fingerprint density at radius 1 is 1.25 bits per heavy atom. The number of ether oxygens (including phenoxy) is 1. The molecule has 1 aromatic rings. The first kappa shape index (κ1) is 15.0. The largest absolute Gasteiger partial charge is 0.459 e. The van der Waals surface area contributed by atoms with Gasteiger partial charge in [0.1, 0.15) is 5.69 Å². The first-order chi connectivity index (χ1) is 9.36. The molecule has 0 saturated heterocycles. The fraction of sp³-hybridized carbons (Fsp3) is 0.200. The van der Waals surface area contributed by atoms with Gasteiger partial charge in [0, 0.05) is 6.07 Å². The summed E-state index contributed by atoms with van der Waals surface area (Å²) in [7, 11) is 0. The van der Waals surface area contributed by atoms with Crippen LogP contribution in [0.4, 0.5) is 17.1 Å². The van der Waals surface area contributed by atoms with E-state index in [1.54, 1.807) is 0 Å². The summed E-state index contributed by atoms with van der Waals surface area (Å²) in [5, 5.41) is 23.3. The maximum absolute atomic E-state index is 11.4. The van der Waals surface area contributed by atoms with E-state index in [1.165, 1.54) is 6.92 Å². The number of amides is 1. The van der Waals surface area contributed by atoms with Gasteiger partial charge in [0.2, 0.25) is 0 Å². The molecule has 0 saturated carbocycles. The van der Waals surface area contributed by atoms with E-state index >= 15 is 0 Å². The van der Waals surface area contributed by atoms with Gasteiger partial charge in [-0.1, -0.05) is 0 Å². The van der Waals surface area contributed by atoms with Crippen LogP contribution >= 0.6 is 0 Å². The van der Waals surface area contributed by atoms with Crippen molar-refractivity contribution in [1.82, 2.24) is 0 Å². The van der Waals surface area contributed by atoms with Crippen molar-refractivity contribution in [3.63, 3.8) is 0 Å². The van der Waals surface area contributed by atoms with E-state index in [1.807, 2.05) is 5.32 Å². The molecule has 20 heavy (non-hydrogen) atoms. The average Bonchev–Trinajstić information content (AvgIpc) is 2.38. The molecule has 0 bridgehead atoms. The Morgan fingerprint density at radius 2 is 1.90 bits per heavy atom. The fourth-order valence-electron chi connectivity index (χ4n) is 1.26. The Bertz CT molecular complexity index is 584. The zero-order valence-electron chi connectivity index (χ0n) is 10.2. The summed E-state index contributed by atoms with van der Waals surface area (Å²) >= 11 is 0. The number of non-ortho nitro benzene ring substituents is 1. The maximum Gasteiger partial charge on any atom is 0.397 e. The van der Waals surface area contributed by atoms with Crippen LogP contribution in [0.2, 0.25) is 0 Å². The lowest BCUT2D eigenvalue weighted by atomic mass is 10.2. The average molecular weight is 283 g/mol. The third-order valence-electron chi connectivity index (χ3n) is 2.10. The van der Waals surface area contributed by atoms with Gasteiger partial charge in [0.05, 0.1) is 22.5 Å². The Hall–Kier alpha value is -3.04. The summed E-state index contributed by atoms with van der Waals surface area (Å²) in [6.07, 6.45) is 0. The van der Waals surface area contributed by atoms with E-state index in [4.69, 9.17) is 0 Å². The second kappa shape index (κ2) is 6.22. The topological polar surface area (TPSA) is 142 Å². The normalized spacial score (nSPS) is 9.65. The lowest BCUT2D eigenvalue weighted by Gasteiger charge is -2.05. The number of carbonyl (C=O) groups excluding carboxylic acids is 2. The van der Waals surface area contributed by atoms with E-state index in [9.17, 15) is 29.8 Å². The molecular weight excluding hydrogens is 274 g/mol. The first-order valence-corrected chi connectivity index (χ1v) is 5.27. The summed E-state index contributed by atoms with van der Waals surface area (Å²) in [6, 6.07) is 2.61. The van der Waals surface area contributed by atoms with Crippen LogP contribution in [0.15, 0.2) is 18.2 Å². The van der Waals surface area contributed by atoms with Crippen molar-refractivity contribution in [3.05, 3.63) is 38.4 Å². The van der Waals surface area contributed by atoms with E-state index < -0.39 is 33.1 Å². The number of rotatable bonds is 4. The minimum atomic E-state index is -1.21. The fourth-order valence-corrected chi connectivity index (χ4v) is 1.26. The number of anilines is 1. The zero-order valence-corrected chi connectivity index (χ0v) is 10.2. The summed E-state index contributed by atoms with van der Waals surface area (Å²) < 4.78 is 4.41. The van der Waals surface area contributed by atoms with Crippen LogP contribution < -0.4 is 5.32 Å². The second-order valence-electron chi connectivity index (χ2n) is 3.39. The molecule has 0 aliphatic heterocycles. The molecule has 1 N–H and O–H groups in total. The number of esters is 1. The molecule has 1 rings (SSSR count). The monoisotopic (exact) mass is 283 g/mol. The predicted octanol–water partition coefficient (Wildman–Crippen LogP) is 1.00. The highest BCUT2D eigenvalue weighted by molar-refractivity contribution is 6.37. The summed E-state index contributed by atoms with van der Waals surface area (Å²) in [5.74, 6) is -2.41. The number of nitro benzene ring substituents is 2. The minimum Gasteiger partial charge on any atom is -0.459 e. The Morgan fingerprint density at radius 3 is 2.40 bits per heavy atom. The zero-order chi connectivity index (χ0) is 15.3. The SMILES string of the molecule is CCOC(=O)C(=O)Nc1ccc([N+](=O)[O-])cc1[N+](=O)[O-]. The molecule has 0 unspecified atom stereocenters. The van der Waals surface area contributed by atoms with Crippen molar-refractivity contribution >= 4 is 28.9 Å². The number of nitrogens with zero attached hydrogens (tertiary/aromatic N) is 2. The van der Waals surface area contributed by atoms with Gasteiger partial charge < -0.3 is 10.1 Å². The first-order valence-electron chi connectivity index (χ1n) is 5.27. The van der Waals surface area contributed by atoms with Crippen molar-refractivity contribution in [2.75, 3.05) is 11.9 Å². The lowest BCUT2D eigenvalue weighted by molar-refractivity contribution is -0.393. The highest BCUT2D eigenvalue weighted by Crippen LogP contribution is 2.28. The van der Waals surface area contributed by atoms with Crippen LogP contribution in [0, 0.1) is 20.2 Å². The number of hydrogen-bond acceptors (Lipinski definition) is 7. The van der Waals surface area contributed by atoms with E-state index in [2.05, 4.69) is 4.74 Å². The van der Waals surface area contributed by atoms with Crippen LogP contribution in [-0.4, -0.2) is 28.3 Å². The van der Waals surface area contributed by atoms with E-state index in [0.29, 0.717) is 6.07 Å². The van der Waals surface area contributed by atoms with Crippen molar-refractivity contribution in [2.45, 2.75) is 6.92 Å². The van der Waals surface area contributed by atoms with Crippen LogP contribution in [0.25, 0.3) is 0 Å². The third-order valence-corrected chi connectivity index (χ3v) is 2.10. The predicted molar refractivity (Wildman–Crippen MR) is 65.0 cm³/mol. The number of carbonyl (C=O) groups is 2. The molecule has 0 aliphatic rings. The van der Waals surface area contributed by atoms with Gasteiger partial charge in [-0.15, -0.1) is 0 Å². The molecular formula is C10H9N3O7. The van der Waals surface area contributed by atoms with Gasteiger partial charge in [0.15, 0.2) is 0 Å². The highest BCUT2D eigenvalue weighted by Gasteiger charge is 2.23. The smallest absolute Gasteiger partial charge is 0.397 e. The molecule has 0 aliphatic carbocycles. The highest BCUT2D eigenvalue weighted by atomic mass is 16.6. The van der Waals surface area contributed by atoms with Crippen molar-refractivity contribution in [2.24, 2.45) is 0 Å². The third kappa shape index (κ3) is 3.48. The lowest BCUT2D eigenvalue weighted by Crippen LogP contribution is -2.25. The van der Waals surface area contributed by atoms with Gasteiger partial charge in [-0.3, -0.25) is 25.0 Å². The standard InChI is InChI=1S/C10H9N3O7/c1-2-20-10(15)9(14)11-7-4-3-6(12(16)17)5-8(7)13(18)19/h3-5H,2H2,1H3,(H,11,14). The van der Waals surface area contributed by atoms with Gasteiger partial charge in [-0.05, 0) is 13.0 Å². The van der Waals surface area contributed by atoms with Gasteiger partial charge >= 0.3 is 11.9 Å². The molecule has 0 aromatic heterocycles. The van der Waals surface area contributed by atoms with Gasteiger partial charge in [0.25, 0.3) is 11.4 Å². The quantitative estimate of drug-likeness (QED) is 0.376. The summed E-state index contributed by atoms with van der Waals surface area (Å²) in [4.78, 5) is 42.0. The Balaban J connectivity index is 3.06. The molecule has 0 heterocycles. The van der Waals surface area contributed by atoms with Crippen LogP contribution in [-0.2, 0) is 14.3 Å². The number of nitro groups is 2. The molecule has 0 atom stereocenters. The van der Waals surface area contributed by atoms with E-state index in [-0.39, 0.29) is 12.3 Å². The molecule has 0 radical (unpaired) electrons. The number of hydrogen-bond donors (Lipinski definition) is 1. The Labute approximate surface area is 111 Å². The van der Waals surface area contributed by atoms with Crippen LogP contribution in [0.1, 0.15) is 6.92 Å². The Kier molecular flexibility index (Phi) is 4.67. The summed E-state index contributed by atoms with van der Waals surface area (Å²) in [6.45, 7) is 1.45. The van der Waals surface area contributed by atoms with Crippen LogP contribution in [0.3, 0.4) is 0 Å². The molecule has 1 amide bonds. The maximum atomic E-state index is 11.4. The molecule has 0 spiro atoms. The molecule has 10 nitrogen and oxygen atoms in total. The van der Waals surface area contributed by atoms with E-state index in [0.717, 1.165) is 12.1 Å². The van der Waals surface area contributed by atoms with Crippen molar-refractivity contribution < 1.29 is 24.2 Å². The van der Waals surface area contributed by atoms with Crippen LogP contribution in [0.5, 0.6) is 0 Å². The molecule has 106 valence electrons. The molecule has 1 aromatic carbocycles. The number of nitrogens with one attached hydrogen (secondary N) is 1. The van der Waals surface area contributed by atoms with Crippen molar-refractivity contribution in [3.8, 4) is 0 Å². The van der Waals surface area contributed by atoms with Gasteiger partial charge in [-0.25, -0.2) is 4.79 Å². The minimum absolute atomic E-state index is 0.0331. The number of benzene rings is 1.